The van der Waals surface area contributed by atoms with Gasteiger partial charge in [-0.1, -0.05) is 60.7 Å². The Hall–Kier alpha value is -3.24. The summed E-state index contributed by atoms with van der Waals surface area (Å²) in [7, 11) is 1.60. The van der Waals surface area contributed by atoms with Crippen molar-refractivity contribution in [1.82, 2.24) is 0 Å². The summed E-state index contributed by atoms with van der Waals surface area (Å²) in [6, 6.07) is 21.4. The second kappa shape index (κ2) is 8.63. The predicted octanol–water partition coefficient (Wildman–Crippen LogP) is 4.60. The Morgan fingerprint density at radius 2 is 1.46 bits per heavy atom. The van der Waals surface area contributed by atoms with Crippen molar-refractivity contribution in [2.75, 3.05) is 17.8 Å². The highest BCUT2D eigenvalue weighted by Gasteiger charge is 2.19. The number of carbonyl (C=O) groups excluding carboxylic acids is 3. The molecule has 0 radical (unpaired) electrons. The van der Waals surface area contributed by atoms with Gasteiger partial charge in [-0.2, -0.15) is 0 Å². The number of anilines is 1. The van der Waals surface area contributed by atoms with Gasteiger partial charge in [0, 0.05) is 23.7 Å². The molecule has 0 saturated carbocycles. The number of alkyl halides is 1. The van der Waals surface area contributed by atoms with E-state index >= 15 is 0 Å². The van der Waals surface area contributed by atoms with Crippen molar-refractivity contribution in [3.63, 3.8) is 0 Å². The summed E-state index contributed by atoms with van der Waals surface area (Å²) < 4.78 is 0. The standard InChI is InChI=1S/C23H18ClNO3/c1-25(22(27)14-24)21-5-3-2-4-20(21)23(28)19-12-10-18(11-13-19)17-8-6-16(15-26)7-9-17/h2-13,15H,14H2,1H3. The van der Waals surface area contributed by atoms with Gasteiger partial charge in [-0.25, -0.2) is 0 Å². The molecule has 3 rings (SSSR count). The van der Waals surface area contributed by atoms with Gasteiger partial charge in [0.15, 0.2) is 5.78 Å². The maximum Gasteiger partial charge on any atom is 0.241 e. The van der Waals surface area contributed by atoms with E-state index in [1.807, 2.05) is 24.3 Å². The molecule has 5 heteroatoms. The van der Waals surface area contributed by atoms with Crippen LogP contribution in [0.5, 0.6) is 0 Å². The Morgan fingerprint density at radius 3 is 2.04 bits per heavy atom. The average Bonchev–Trinajstić information content (AvgIpc) is 2.77. The molecule has 0 saturated heterocycles. The lowest BCUT2D eigenvalue weighted by Crippen LogP contribution is -2.28. The Bertz CT molecular complexity index is 1010. The van der Waals surface area contributed by atoms with Crippen LogP contribution < -0.4 is 4.90 Å². The predicted molar refractivity (Wildman–Crippen MR) is 111 cm³/mol. The van der Waals surface area contributed by atoms with Crippen LogP contribution in [0.1, 0.15) is 26.3 Å². The first-order chi connectivity index (χ1) is 13.5. The van der Waals surface area contributed by atoms with E-state index in [-0.39, 0.29) is 17.6 Å². The largest absolute Gasteiger partial charge is 0.314 e. The van der Waals surface area contributed by atoms with Crippen LogP contribution in [0.25, 0.3) is 11.1 Å². The molecule has 0 bridgehead atoms. The number of para-hydroxylation sites is 1. The number of aldehydes is 1. The van der Waals surface area contributed by atoms with Gasteiger partial charge in [-0.05, 0) is 23.3 Å². The molecular formula is C23H18ClNO3. The highest BCUT2D eigenvalue weighted by Crippen LogP contribution is 2.25. The molecule has 0 atom stereocenters. The summed E-state index contributed by atoms with van der Waals surface area (Å²) in [5.74, 6) is -0.611. The van der Waals surface area contributed by atoms with Crippen LogP contribution in [-0.4, -0.2) is 30.9 Å². The van der Waals surface area contributed by atoms with Gasteiger partial charge >= 0.3 is 0 Å². The molecule has 0 aliphatic heterocycles. The molecule has 0 heterocycles. The van der Waals surface area contributed by atoms with Crippen molar-refractivity contribution in [2.45, 2.75) is 0 Å². The average molecular weight is 392 g/mol. The normalized spacial score (nSPS) is 10.4. The quantitative estimate of drug-likeness (QED) is 0.350. The molecule has 4 nitrogen and oxygen atoms in total. The lowest BCUT2D eigenvalue weighted by Gasteiger charge is -2.19. The molecular weight excluding hydrogens is 374 g/mol. The Balaban J connectivity index is 1.89. The van der Waals surface area contributed by atoms with Crippen LogP contribution in [0.4, 0.5) is 5.69 Å². The summed E-state index contributed by atoms with van der Waals surface area (Å²) in [6.07, 6.45) is 0.801. The van der Waals surface area contributed by atoms with Crippen LogP contribution >= 0.6 is 11.6 Å². The molecule has 0 unspecified atom stereocenters. The van der Waals surface area contributed by atoms with Crippen molar-refractivity contribution in [2.24, 2.45) is 0 Å². The monoisotopic (exact) mass is 391 g/mol. The zero-order valence-corrected chi connectivity index (χ0v) is 16.0. The van der Waals surface area contributed by atoms with Gasteiger partial charge in [0.05, 0.1) is 5.69 Å². The Kier molecular flexibility index (Phi) is 6.02. The summed E-state index contributed by atoms with van der Waals surface area (Å²) >= 11 is 5.64. The van der Waals surface area contributed by atoms with Gasteiger partial charge < -0.3 is 4.90 Å². The summed E-state index contributed by atoms with van der Waals surface area (Å²) in [6.45, 7) is 0. The highest BCUT2D eigenvalue weighted by atomic mass is 35.5. The zero-order valence-electron chi connectivity index (χ0n) is 15.3. The van der Waals surface area contributed by atoms with E-state index in [0.717, 1.165) is 17.4 Å². The summed E-state index contributed by atoms with van der Waals surface area (Å²) in [5.41, 5.74) is 3.99. The minimum atomic E-state index is -0.281. The van der Waals surface area contributed by atoms with Gasteiger partial charge in [0.1, 0.15) is 12.2 Å². The van der Waals surface area contributed by atoms with Gasteiger partial charge in [-0.15, -0.1) is 11.6 Å². The van der Waals surface area contributed by atoms with E-state index < -0.39 is 0 Å². The van der Waals surface area contributed by atoms with Crippen LogP contribution in [0, 0.1) is 0 Å². The van der Waals surface area contributed by atoms with Crippen molar-refractivity contribution >= 4 is 35.3 Å². The molecule has 0 N–H and O–H groups in total. The van der Waals surface area contributed by atoms with Crippen molar-refractivity contribution in [3.05, 3.63) is 89.5 Å². The third kappa shape index (κ3) is 4.02. The number of rotatable bonds is 6. The number of halogens is 1. The van der Waals surface area contributed by atoms with Gasteiger partial charge in [0.2, 0.25) is 5.91 Å². The number of hydrogen-bond acceptors (Lipinski definition) is 3. The Labute approximate surface area is 168 Å². The van der Waals surface area contributed by atoms with Crippen molar-refractivity contribution in [3.8, 4) is 11.1 Å². The second-order valence-corrected chi connectivity index (χ2v) is 6.52. The van der Waals surface area contributed by atoms with Gasteiger partial charge in [0.25, 0.3) is 0 Å². The molecule has 0 aliphatic carbocycles. The number of benzene rings is 3. The number of hydrogen-bond donors (Lipinski definition) is 0. The fourth-order valence-corrected chi connectivity index (χ4v) is 3.09. The van der Waals surface area contributed by atoms with E-state index in [4.69, 9.17) is 11.6 Å². The first-order valence-electron chi connectivity index (χ1n) is 8.67. The topological polar surface area (TPSA) is 54.5 Å². The smallest absolute Gasteiger partial charge is 0.241 e. The molecule has 0 aliphatic rings. The lowest BCUT2D eigenvalue weighted by atomic mass is 9.98. The fraction of sp³-hybridized carbons (Fsp3) is 0.0870. The van der Waals surface area contributed by atoms with Crippen LogP contribution in [0.2, 0.25) is 0 Å². The van der Waals surface area contributed by atoms with Gasteiger partial charge in [-0.3, -0.25) is 14.4 Å². The summed E-state index contributed by atoms with van der Waals surface area (Å²) in [5, 5.41) is 0. The van der Waals surface area contributed by atoms with E-state index in [9.17, 15) is 14.4 Å². The number of nitrogens with zero attached hydrogens (tertiary/aromatic N) is 1. The molecule has 3 aromatic carbocycles. The second-order valence-electron chi connectivity index (χ2n) is 6.25. The molecule has 0 aromatic heterocycles. The van der Waals surface area contributed by atoms with Crippen LogP contribution in [-0.2, 0) is 4.79 Å². The molecule has 3 aromatic rings. The van der Waals surface area contributed by atoms with E-state index in [0.29, 0.717) is 22.4 Å². The van der Waals surface area contributed by atoms with E-state index in [1.165, 1.54) is 4.90 Å². The van der Waals surface area contributed by atoms with E-state index in [2.05, 4.69) is 0 Å². The summed E-state index contributed by atoms with van der Waals surface area (Å²) in [4.78, 5) is 37.1. The van der Waals surface area contributed by atoms with Crippen molar-refractivity contribution < 1.29 is 14.4 Å². The maximum atomic E-state index is 13.0. The third-order valence-corrected chi connectivity index (χ3v) is 4.75. The number of ketones is 1. The fourth-order valence-electron chi connectivity index (χ4n) is 2.91. The Morgan fingerprint density at radius 1 is 0.893 bits per heavy atom. The molecule has 0 fully saturated rings. The number of carbonyl (C=O) groups is 3. The first kappa shape index (κ1) is 19.5. The minimum absolute atomic E-state index is 0.156. The minimum Gasteiger partial charge on any atom is -0.314 e. The zero-order chi connectivity index (χ0) is 20.1. The molecule has 28 heavy (non-hydrogen) atoms. The molecule has 140 valence electrons. The highest BCUT2D eigenvalue weighted by molar-refractivity contribution is 6.29. The van der Waals surface area contributed by atoms with Crippen molar-refractivity contribution in [1.29, 1.82) is 0 Å². The molecule has 1 amide bonds. The van der Waals surface area contributed by atoms with E-state index in [1.54, 1.807) is 55.6 Å². The molecule has 0 spiro atoms. The lowest BCUT2D eigenvalue weighted by molar-refractivity contribution is -0.116. The SMILES string of the molecule is CN(C(=O)CCl)c1ccccc1C(=O)c1ccc(-c2ccc(C=O)cc2)cc1. The maximum absolute atomic E-state index is 13.0. The third-order valence-electron chi connectivity index (χ3n) is 4.53. The van der Waals surface area contributed by atoms with Crippen LogP contribution in [0.3, 0.4) is 0 Å². The number of amides is 1. The van der Waals surface area contributed by atoms with Crippen LogP contribution in [0.15, 0.2) is 72.8 Å². The first-order valence-corrected chi connectivity index (χ1v) is 9.20.